The normalized spacial score (nSPS) is 20.7. The average molecular weight is 189 g/mol. The minimum atomic E-state index is 0.0545. The van der Waals surface area contributed by atoms with Gasteiger partial charge in [-0.25, -0.2) is 0 Å². The van der Waals surface area contributed by atoms with E-state index in [1.807, 2.05) is 12.1 Å². The number of ketones is 1. The molecule has 0 fully saturated rings. The Morgan fingerprint density at radius 3 is 3.00 bits per heavy atom. The van der Waals surface area contributed by atoms with Gasteiger partial charge >= 0.3 is 0 Å². The summed E-state index contributed by atoms with van der Waals surface area (Å²) >= 11 is 0. The van der Waals surface area contributed by atoms with Crippen molar-refractivity contribution in [1.82, 2.24) is 0 Å². The quantitative estimate of drug-likeness (QED) is 0.736. The molecule has 1 aromatic rings. The van der Waals surface area contributed by atoms with Gasteiger partial charge in [0.2, 0.25) is 0 Å². The zero-order valence-corrected chi connectivity index (χ0v) is 8.42. The molecule has 2 rings (SSSR count). The van der Waals surface area contributed by atoms with Crippen molar-refractivity contribution in [3.05, 3.63) is 34.9 Å². The Balaban J connectivity index is 2.60. The monoisotopic (exact) mass is 189 g/mol. The van der Waals surface area contributed by atoms with Gasteiger partial charge in [0.05, 0.1) is 0 Å². The predicted octanol–water partition coefficient (Wildman–Crippen LogP) is 2.23. The zero-order valence-electron chi connectivity index (χ0n) is 8.42. The minimum absolute atomic E-state index is 0.0545. The van der Waals surface area contributed by atoms with Crippen LogP contribution in [0.2, 0.25) is 0 Å². The molecule has 0 bridgehead atoms. The van der Waals surface area contributed by atoms with Gasteiger partial charge in [0, 0.05) is 18.0 Å². The summed E-state index contributed by atoms with van der Waals surface area (Å²) in [5.41, 5.74) is 9.20. The zero-order chi connectivity index (χ0) is 10.1. The van der Waals surface area contributed by atoms with Crippen molar-refractivity contribution < 1.29 is 4.79 Å². The van der Waals surface area contributed by atoms with E-state index in [1.54, 1.807) is 0 Å². The van der Waals surface area contributed by atoms with Crippen LogP contribution in [0.25, 0.3) is 0 Å². The molecule has 0 amide bonds. The van der Waals surface area contributed by atoms with Gasteiger partial charge in [-0.05, 0) is 24.0 Å². The Bertz CT molecular complexity index is 371. The van der Waals surface area contributed by atoms with Crippen LogP contribution in [0.15, 0.2) is 18.2 Å². The third-order valence-corrected chi connectivity index (χ3v) is 2.93. The second kappa shape index (κ2) is 3.54. The molecule has 0 heterocycles. The van der Waals surface area contributed by atoms with Gasteiger partial charge in [-0.2, -0.15) is 0 Å². The fourth-order valence-electron chi connectivity index (χ4n) is 2.17. The van der Waals surface area contributed by atoms with Crippen molar-refractivity contribution in [3.63, 3.8) is 0 Å². The summed E-state index contributed by atoms with van der Waals surface area (Å²) in [7, 11) is 0. The maximum atomic E-state index is 11.6. The van der Waals surface area contributed by atoms with Gasteiger partial charge in [0.25, 0.3) is 0 Å². The van der Waals surface area contributed by atoms with Gasteiger partial charge < -0.3 is 5.73 Å². The number of Topliss-reactive ketones (excluding diaryl/α,β-unsaturated/α-hetero) is 1. The summed E-state index contributed by atoms with van der Waals surface area (Å²) in [5.74, 6) is 0.247. The summed E-state index contributed by atoms with van der Waals surface area (Å²) < 4.78 is 0. The highest BCUT2D eigenvalue weighted by Crippen LogP contribution is 2.30. The summed E-state index contributed by atoms with van der Waals surface area (Å²) in [6.45, 7) is 2.10. The van der Waals surface area contributed by atoms with Crippen LogP contribution < -0.4 is 5.73 Å². The molecule has 0 spiro atoms. The lowest BCUT2D eigenvalue weighted by Crippen LogP contribution is -2.23. The largest absolute Gasteiger partial charge is 0.324 e. The first-order chi connectivity index (χ1) is 6.74. The number of aryl methyl sites for hydroxylation is 1. The molecule has 0 saturated heterocycles. The first kappa shape index (κ1) is 9.41. The number of benzene rings is 1. The fourth-order valence-corrected chi connectivity index (χ4v) is 2.17. The Morgan fingerprint density at radius 2 is 2.29 bits per heavy atom. The van der Waals surface area contributed by atoms with Gasteiger partial charge in [0.1, 0.15) is 0 Å². The van der Waals surface area contributed by atoms with E-state index in [4.69, 9.17) is 5.73 Å². The topological polar surface area (TPSA) is 43.1 Å². The maximum absolute atomic E-state index is 11.6. The van der Waals surface area contributed by atoms with Crippen LogP contribution in [-0.4, -0.2) is 5.78 Å². The molecule has 2 N–H and O–H groups in total. The summed E-state index contributed by atoms with van der Waals surface area (Å²) in [6, 6.07) is 5.97. The number of fused-ring (bicyclic) bond motifs is 1. The van der Waals surface area contributed by atoms with Crippen LogP contribution in [0.1, 0.15) is 47.3 Å². The molecule has 2 heteroatoms. The number of hydrogen-bond acceptors (Lipinski definition) is 2. The van der Waals surface area contributed by atoms with Crippen molar-refractivity contribution >= 4 is 5.78 Å². The fraction of sp³-hybridized carbons (Fsp3) is 0.417. The Morgan fingerprint density at radius 1 is 1.50 bits per heavy atom. The first-order valence-corrected chi connectivity index (χ1v) is 5.14. The Labute approximate surface area is 84.1 Å². The van der Waals surface area contributed by atoms with Gasteiger partial charge in [-0.1, -0.05) is 25.1 Å². The van der Waals surface area contributed by atoms with E-state index in [0.717, 1.165) is 24.0 Å². The van der Waals surface area contributed by atoms with E-state index in [0.29, 0.717) is 6.42 Å². The van der Waals surface area contributed by atoms with Crippen LogP contribution in [0.3, 0.4) is 0 Å². The lowest BCUT2D eigenvalue weighted by molar-refractivity contribution is 0.0967. The average Bonchev–Trinajstić information content (AvgIpc) is 2.23. The Kier molecular flexibility index (Phi) is 2.38. The second-order valence-corrected chi connectivity index (χ2v) is 3.80. The highest BCUT2D eigenvalue weighted by atomic mass is 16.1. The first-order valence-electron chi connectivity index (χ1n) is 5.14. The van der Waals surface area contributed by atoms with E-state index in [1.165, 1.54) is 5.56 Å². The van der Waals surface area contributed by atoms with E-state index in [-0.39, 0.29) is 11.8 Å². The third kappa shape index (κ3) is 1.36. The van der Waals surface area contributed by atoms with E-state index in [2.05, 4.69) is 13.0 Å². The van der Waals surface area contributed by atoms with E-state index >= 15 is 0 Å². The molecule has 1 aromatic carbocycles. The van der Waals surface area contributed by atoms with E-state index < -0.39 is 0 Å². The van der Waals surface area contributed by atoms with Crippen molar-refractivity contribution in [3.8, 4) is 0 Å². The predicted molar refractivity (Wildman–Crippen MR) is 56.3 cm³/mol. The van der Waals surface area contributed by atoms with Crippen molar-refractivity contribution in [2.75, 3.05) is 0 Å². The molecular weight excluding hydrogens is 174 g/mol. The molecule has 1 aliphatic rings. The highest BCUT2D eigenvalue weighted by molar-refractivity contribution is 5.99. The SMILES string of the molecule is CCc1cccc2c1C(N)CCC2=O. The van der Waals surface area contributed by atoms with Crippen LogP contribution >= 0.6 is 0 Å². The molecule has 1 aliphatic carbocycles. The van der Waals surface area contributed by atoms with Crippen LogP contribution in [-0.2, 0) is 6.42 Å². The number of nitrogens with two attached hydrogens (primary N) is 1. The van der Waals surface area contributed by atoms with Crippen LogP contribution in [0.5, 0.6) is 0 Å². The highest BCUT2D eigenvalue weighted by Gasteiger charge is 2.24. The minimum Gasteiger partial charge on any atom is -0.324 e. The second-order valence-electron chi connectivity index (χ2n) is 3.80. The van der Waals surface area contributed by atoms with Crippen LogP contribution in [0.4, 0.5) is 0 Å². The molecule has 0 radical (unpaired) electrons. The smallest absolute Gasteiger partial charge is 0.163 e. The number of carbonyl (C=O) groups is 1. The molecule has 1 unspecified atom stereocenters. The molecule has 1 atom stereocenters. The molecule has 74 valence electrons. The molecule has 2 nitrogen and oxygen atoms in total. The third-order valence-electron chi connectivity index (χ3n) is 2.93. The summed E-state index contributed by atoms with van der Waals surface area (Å²) in [6.07, 6.45) is 2.34. The van der Waals surface area contributed by atoms with E-state index in [9.17, 15) is 4.79 Å². The summed E-state index contributed by atoms with van der Waals surface area (Å²) in [4.78, 5) is 11.6. The lowest BCUT2D eigenvalue weighted by atomic mass is 9.83. The number of carbonyl (C=O) groups excluding carboxylic acids is 1. The molecule has 14 heavy (non-hydrogen) atoms. The number of rotatable bonds is 1. The Hall–Kier alpha value is -1.15. The maximum Gasteiger partial charge on any atom is 0.163 e. The molecule has 0 aliphatic heterocycles. The van der Waals surface area contributed by atoms with Crippen molar-refractivity contribution in [2.45, 2.75) is 32.2 Å². The van der Waals surface area contributed by atoms with Gasteiger partial charge in [-0.3, -0.25) is 4.79 Å². The van der Waals surface area contributed by atoms with Gasteiger partial charge in [-0.15, -0.1) is 0 Å². The van der Waals surface area contributed by atoms with Gasteiger partial charge in [0.15, 0.2) is 5.78 Å². The van der Waals surface area contributed by atoms with Crippen LogP contribution in [0, 0.1) is 0 Å². The lowest BCUT2D eigenvalue weighted by Gasteiger charge is -2.23. The number of hydrogen-bond donors (Lipinski definition) is 1. The molecule has 0 saturated carbocycles. The van der Waals surface area contributed by atoms with Crippen molar-refractivity contribution in [2.24, 2.45) is 5.73 Å². The van der Waals surface area contributed by atoms with Crippen molar-refractivity contribution in [1.29, 1.82) is 0 Å². The summed E-state index contributed by atoms with van der Waals surface area (Å²) in [5, 5.41) is 0. The molecule has 0 aromatic heterocycles. The standard InChI is InChI=1S/C12H15NO/c1-2-8-4-3-5-9-11(14)7-6-10(13)12(8)9/h3-5,10H,2,6-7,13H2,1H3. The molecular formula is C12H15NO.